The van der Waals surface area contributed by atoms with Crippen molar-refractivity contribution in [1.82, 2.24) is 10.9 Å². The van der Waals surface area contributed by atoms with E-state index in [-0.39, 0.29) is 11.8 Å². The van der Waals surface area contributed by atoms with Crippen LogP contribution in [-0.4, -0.2) is 24.2 Å². The van der Waals surface area contributed by atoms with Gasteiger partial charge in [-0.05, 0) is 70.7 Å². The molecule has 174 valence electrons. The van der Waals surface area contributed by atoms with Gasteiger partial charge in [0.2, 0.25) is 11.8 Å². The molecule has 10 heteroatoms. The molecule has 0 saturated heterocycles. The maximum absolute atomic E-state index is 11.8. The third kappa shape index (κ3) is 10.5. The number of hydrogen-bond donors (Lipinski definition) is 2. The molecule has 2 heterocycles. The van der Waals surface area contributed by atoms with Crippen LogP contribution in [0.2, 0.25) is 0 Å². The predicted octanol–water partition coefficient (Wildman–Crippen LogP) is 6.67. The minimum Gasteiger partial charge on any atom is -0.273 e. The van der Waals surface area contributed by atoms with Crippen molar-refractivity contribution in [2.75, 3.05) is 0 Å². The lowest BCUT2D eigenvalue weighted by Crippen LogP contribution is -2.17. The van der Waals surface area contributed by atoms with E-state index in [9.17, 15) is 9.59 Å². The van der Waals surface area contributed by atoms with Gasteiger partial charge in [-0.2, -0.15) is 10.2 Å². The van der Waals surface area contributed by atoms with Gasteiger partial charge in [0, 0.05) is 41.3 Å². The number of hydrogen-bond acceptors (Lipinski definition) is 6. The summed E-state index contributed by atoms with van der Waals surface area (Å²) in [6, 6.07) is 3.97. The van der Waals surface area contributed by atoms with Crippen molar-refractivity contribution in [3.63, 3.8) is 0 Å². The molecule has 2 aromatic heterocycles. The van der Waals surface area contributed by atoms with Crippen LogP contribution < -0.4 is 10.9 Å². The Morgan fingerprint density at radius 1 is 0.781 bits per heavy atom. The van der Waals surface area contributed by atoms with Gasteiger partial charge >= 0.3 is 0 Å². The Labute approximate surface area is 214 Å². The molecule has 0 unspecified atom stereocenters. The molecule has 6 nitrogen and oxygen atoms in total. The fourth-order valence-electron chi connectivity index (χ4n) is 2.82. The monoisotopic (exact) mass is 602 g/mol. The molecule has 0 aliphatic carbocycles. The van der Waals surface area contributed by atoms with Crippen LogP contribution in [0, 0.1) is 13.8 Å². The molecule has 0 spiro atoms. The molecule has 0 bridgehead atoms. The van der Waals surface area contributed by atoms with Crippen molar-refractivity contribution in [1.29, 1.82) is 0 Å². The van der Waals surface area contributed by atoms with Crippen LogP contribution in [-0.2, 0) is 9.59 Å². The largest absolute Gasteiger partial charge is 0.273 e. The molecule has 0 fully saturated rings. The van der Waals surface area contributed by atoms with Crippen molar-refractivity contribution >= 4 is 78.8 Å². The summed E-state index contributed by atoms with van der Waals surface area (Å²) in [6.45, 7) is 4.06. The van der Waals surface area contributed by atoms with E-state index < -0.39 is 0 Å². The Hall–Kier alpha value is -1.36. The second-order valence-corrected chi connectivity index (χ2v) is 11.6. The molecule has 0 aromatic carbocycles. The van der Waals surface area contributed by atoms with Gasteiger partial charge in [0.25, 0.3) is 0 Å². The Bertz CT molecular complexity index is 839. The molecule has 2 aromatic rings. The summed E-state index contributed by atoms with van der Waals surface area (Å²) in [6.07, 6.45) is 10.1. The molecule has 0 atom stereocenters. The zero-order valence-corrected chi connectivity index (χ0v) is 23.1. The Morgan fingerprint density at radius 3 is 1.50 bits per heavy atom. The minimum absolute atomic E-state index is 0.0594. The van der Waals surface area contributed by atoms with E-state index in [0.29, 0.717) is 12.8 Å². The van der Waals surface area contributed by atoms with Gasteiger partial charge in [0.15, 0.2) is 0 Å². The average molecular weight is 604 g/mol. The van der Waals surface area contributed by atoms with Crippen LogP contribution in [0.3, 0.4) is 0 Å². The number of carbonyl (C=O) groups is 2. The van der Waals surface area contributed by atoms with Crippen molar-refractivity contribution in [2.45, 2.75) is 65.2 Å². The normalized spacial score (nSPS) is 11.5. The fourth-order valence-corrected chi connectivity index (χ4v) is 5.68. The number of unbranched alkanes of at least 4 members (excludes halogenated alkanes) is 5. The molecular formula is C22H28Br2N4O2S2. The van der Waals surface area contributed by atoms with E-state index in [4.69, 9.17) is 0 Å². The molecule has 2 N–H and O–H groups in total. The van der Waals surface area contributed by atoms with E-state index in [0.717, 1.165) is 57.2 Å². The van der Waals surface area contributed by atoms with Gasteiger partial charge < -0.3 is 0 Å². The summed E-state index contributed by atoms with van der Waals surface area (Å²) in [5.41, 5.74) is 5.16. The van der Waals surface area contributed by atoms with Gasteiger partial charge in [-0.3, -0.25) is 9.59 Å². The van der Waals surface area contributed by atoms with Crippen LogP contribution in [0.25, 0.3) is 0 Å². The highest BCUT2D eigenvalue weighted by Crippen LogP contribution is 2.25. The summed E-state index contributed by atoms with van der Waals surface area (Å²) in [7, 11) is 0. The fraction of sp³-hybridized carbons (Fsp3) is 0.455. The van der Waals surface area contributed by atoms with Crippen molar-refractivity contribution < 1.29 is 9.59 Å². The Morgan fingerprint density at radius 2 is 1.16 bits per heavy atom. The quantitative estimate of drug-likeness (QED) is 0.152. The number of hydrazone groups is 2. The molecule has 0 radical (unpaired) electrons. The summed E-state index contributed by atoms with van der Waals surface area (Å²) in [4.78, 5) is 28.0. The van der Waals surface area contributed by atoms with E-state index in [1.165, 1.54) is 9.75 Å². The van der Waals surface area contributed by atoms with Crippen molar-refractivity contribution in [3.05, 3.63) is 40.6 Å². The first-order valence-electron chi connectivity index (χ1n) is 10.5. The third-order valence-electron chi connectivity index (χ3n) is 4.57. The van der Waals surface area contributed by atoms with Gasteiger partial charge in [-0.15, -0.1) is 22.7 Å². The lowest BCUT2D eigenvalue weighted by Gasteiger charge is -2.02. The number of rotatable bonds is 13. The number of halogens is 2. The van der Waals surface area contributed by atoms with Crippen molar-refractivity contribution in [3.8, 4) is 0 Å². The summed E-state index contributed by atoms with van der Waals surface area (Å²) in [5.74, 6) is -0.119. The zero-order chi connectivity index (χ0) is 23.3. The second-order valence-electron chi connectivity index (χ2n) is 7.31. The summed E-state index contributed by atoms with van der Waals surface area (Å²) in [5, 5.41) is 8.02. The molecule has 0 saturated carbocycles. The highest BCUT2D eigenvalue weighted by atomic mass is 79.9. The molecule has 0 aliphatic heterocycles. The van der Waals surface area contributed by atoms with Crippen LogP contribution in [0.5, 0.6) is 0 Å². The van der Waals surface area contributed by atoms with E-state index in [1.54, 1.807) is 35.1 Å². The van der Waals surface area contributed by atoms with Crippen molar-refractivity contribution in [2.24, 2.45) is 10.2 Å². The number of aryl methyl sites for hydroxylation is 2. The first kappa shape index (κ1) is 26.9. The van der Waals surface area contributed by atoms with Crippen LogP contribution in [0.15, 0.2) is 31.3 Å². The SMILES string of the molecule is Cc1sc(/C=N/NC(=O)CCCCCCCCC(=O)N/N=C/c2cc(Br)c(C)s2)cc1Br. The van der Waals surface area contributed by atoms with E-state index in [1.807, 2.05) is 26.0 Å². The number of carbonyl (C=O) groups excluding carboxylic acids is 2. The Kier molecular flexibility index (Phi) is 12.4. The standard InChI is InChI=1S/C22H28Br2N4O2S2/c1-15-19(23)11-17(31-15)13-25-27-21(29)9-7-5-3-4-6-8-10-22(30)28-26-14-18-12-20(24)16(2)32-18/h11-14H,3-10H2,1-2H3,(H,27,29)(H,28,30)/b25-13+,26-14+. The van der Waals surface area contributed by atoms with E-state index in [2.05, 4.69) is 52.9 Å². The van der Waals surface area contributed by atoms with Gasteiger partial charge in [-0.1, -0.05) is 25.7 Å². The van der Waals surface area contributed by atoms with Gasteiger partial charge in [0.05, 0.1) is 12.4 Å². The smallest absolute Gasteiger partial charge is 0.240 e. The number of amides is 2. The molecular weight excluding hydrogens is 576 g/mol. The highest BCUT2D eigenvalue weighted by molar-refractivity contribution is 9.10. The van der Waals surface area contributed by atoms with Gasteiger partial charge in [0.1, 0.15) is 0 Å². The molecule has 32 heavy (non-hydrogen) atoms. The number of nitrogens with zero attached hydrogens (tertiary/aromatic N) is 2. The summed E-state index contributed by atoms with van der Waals surface area (Å²) >= 11 is 10.2. The lowest BCUT2D eigenvalue weighted by molar-refractivity contribution is -0.122. The summed E-state index contributed by atoms with van der Waals surface area (Å²) < 4.78 is 2.12. The maximum Gasteiger partial charge on any atom is 0.240 e. The predicted molar refractivity (Wildman–Crippen MR) is 142 cm³/mol. The topological polar surface area (TPSA) is 82.9 Å². The third-order valence-corrected chi connectivity index (χ3v) is 8.71. The first-order valence-corrected chi connectivity index (χ1v) is 13.7. The second kappa shape index (κ2) is 14.7. The number of thiophene rings is 2. The van der Waals surface area contributed by atoms with Crippen LogP contribution >= 0.6 is 54.5 Å². The van der Waals surface area contributed by atoms with Crippen LogP contribution in [0.4, 0.5) is 0 Å². The molecule has 0 aliphatic rings. The average Bonchev–Trinajstić information content (AvgIpc) is 3.23. The highest BCUT2D eigenvalue weighted by Gasteiger charge is 2.03. The lowest BCUT2D eigenvalue weighted by atomic mass is 10.1. The van der Waals surface area contributed by atoms with E-state index >= 15 is 0 Å². The molecule has 2 rings (SSSR count). The van der Waals surface area contributed by atoms with Gasteiger partial charge in [-0.25, -0.2) is 10.9 Å². The minimum atomic E-state index is -0.0594. The number of nitrogens with one attached hydrogen (secondary N) is 2. The maximum atomic E-state index is 11.8. The zero-order valence-electron chi connectivity index (χ0n) is 18.2. The first-order chi connectivity index (χ1) is 15.3. The van der Waals surface area contributed by atoms with Crippen LogP contribution in [0.1, 0.15) is 70.9 Å². The molecule has 2 amide bonds. The Balaban J connectivity index is 1.44.